The summed E-state index contributed by atoms with van der Waals surface area (Å²) in [5.41, 5.74) is 5.06. The predicted octanol–water partition coefficient (Wildman–Crippen LogP) is 4.48. The number of hydrogen-bond acceptors (Lipinski definition) is 3. The molecule has 0 fully saturated rings. The van der Waals surface area contributed by atoms with Gasteiger partial charge in [-0.1, -0.05) is 39.0 Å². The van der Waals surface area contributed by atoms with Crippen molar-refractivity contribution in [3.8, 4) is 0 Å². The number of aryl methyl sites for hydroxylation is 2. The van der Waals surface area contributed by atoms with Gasteiger partial charge in [0.25, 0.3) is 5.91 Å². The SMILES string of the molecule is CCc1cccc(CC)c1Nc1ccc(C(=O)NC(C)CC)nc1. The summed E-state index contributed by atoms with van der Waals surface area (Å²) in [6, 6.07) is 10.2. The maximum absolute atomic E-state index is 12.1. The van der Waals surface area contributed by atoms with E-state index >= 15 is 0 Å². The van der Waals surface area contributed by atoms with Crippen LogP contribution >= 0.6 is 0 Å². The van der Waals surface area contributed by atoms with Crippen LogP contribution in [0.1, 0.15) is 55.7 Å². The minimum absolute atomic E-state index is 0.126. The Bertz CT molecular complexity index is 658. The number of carbonyl (C=O) groups excluding carboxylic acids is 1. The Morgan fingerprint density at radius 3 is 2.25 bits per heavy atom. The fourth-order valence-electron chi connectivity index (χ4n) is 2.55. The molecular weight excluding hydrogens is 298 g/mol. The average molecular weight is 325 g/mol. The van der Waals surface area contributed by atoms with Crippen molar-refractivity contribution in [1.29, 1.82) is 0 Å². The number of pyridine rings is 1. The normalized spacial score (nSPS) is 11.8. The molecule has 0 spiro atoms. The van der Waals surface area contributed by atoms with E-state index in [-0.39, 0.29) is 11.9 Å². The second-order valence-electron chi connectivity index (χ2n) is 6.00. The first-order valence-electron chi connectivity index (χ1n) is 8.73. The number of aromatic nitrogens is 1. The largest absolute Gasteiger partial charge is 0.354 e. The van der Waals surface area contributed by atoms with Crippen LogP contribution in [0.15, 0.2) is 36.5 Å². The third-order valence-electron chi connectivity index (χ3n) is 4.25. The molecule has 128 valence electrons. The minimum Gasteiger partial charge on any atom is -0.354 e. The lowest BCUT2D eigenvalue weighted by Crippen LogP contribution is -2.32. The van der Waals surface area contributed by atoms with Crippen molar-refractivity contribution in [1.82, 2.24) is 10.3 Å². The van der Waals surface area contributed by atoms with Crippen LogP contribution in [0.25, 0.3) is 0 Å². The van der Waals surface area contributed by atoms with Crippen LogP contribution in [-0.4, -0.2) is 16.9 Å². The summed E-state index contributed by atoms with van der Waals surface area (Å²) in [5, 5.41) is 6.40. The average Bonchev–Trinajstić information content (AvgIpc) is 2.62. The molecule has 1 aromatic carbocycles. The second-order valence-corrected chi connectivity index (χ2v) is 6.00. The van der Waals surface area contributed by atoms with E-state index in [1.807, 2.05) is 19.9 Å². The topological polar surface area (TPSA) is 54.0 Å². The molecule has 1 unspecified atom stereocenters. The molecule has 1 amide bonds. The molecule has 0 bridgehead atoms. The van der Waals surface area contributed by atoms with Crippen LogP contribution in [0, 0.1) is 0 Å². The van der Waals surface area contributed by atoms with Crippen molar-refractivity contribution >= 4 is 17.3 Å². The molecule has 1 aromatic heterocycles. The Labute approximate surface area is 144 Å². The Morgan fingerprint density at radius 1 is 1.08 bits per heavy atom. The van der Waals surface area contributed by atoms with E-state index in [1.54, 1.807) is 12.3 Å². The molecule has 2 N–H and O–H groups in total. The fourth-order valence-corrected chi connectivity index (χ4v) is 2.55. The van der Waals surface area contributed by atoms with Crippen molar-refractivity contribution in [3.63, 3.8) is 0 Å². The van der Waals surface area contributed by atoms with Gasteiger partial charge in [0.1, 0.15) is 5.69 Å². The first-order valence-corrected chi connectivity index (χ1v) is 8.73. The van der Waals surface area contributed by atoms with Gasteiger partial charge >= 0.3 is 0 Å². The van der Waals surface area contributed by atoms with Gasteiger partial charge in [-0.25, -0.2) is 4.98 Å². The number of amides is 1. The highest BCUT2D eigenvalue weighted by Gasteiger charge is 2.11. The van der Waals surface area contributed by atoms with Gasteiger partial charge in [0, 0.05) is 11.7 Å². The van der Waals surface area contributed by atoms with Gasteiger partial charge in [0.2, 0.25) is 0 Å². The minimum atomic E-state index is -0.126. The fraction of sp³-hybridized carbons (Fsp3) is 0.400. The van der Waals surface area contributed by atoms with Gasteiger partial charge in [-0.05, 0) is 49.4 Å². The lowest BCUT2D eigenvalue weighted by molar-refractivity contribution is 0.0934. The predicted molar refractivity (Wildman–Crippen MR) is 99.9 cm³/mol. The Kier molecular flexibility index (Phi) is 6.36. The zero-order chi connectivity index (χ0) is 17.5. The van der Waals surface area contributed by atoms with Crippen molar-refractivity contribution < 1.29 is 4.79 Å². The van der Waals surface area contributed by atoms with Gasteiger partial charge in [0.05, 0.1) is 11.9 Å². The molecule has 2 rings (SSSR count). The third-order valence-corrected chi connectivity index (χ3v) is 4.25. The monoisotopic (exact) mass is 325 g/mol. The lowest BCUT2D eigenvalue weighted by Gasteiger charge is -2.15. The highest BCUT2D eigenvalue weighted by Crippen LogP contribution is 2.26. The van der Waals surface area contributed by atoms with E-state index in [2.05, 4.69) is 47.7 Å². The second kappa shape index (κ2) is 8.48. The first-order chi connectivity index (χ1) is 11.6. The summed E-state index contributed by atoms with van der Waals surface area (Å²) < 4.78 is 0. The third kappa shape index (κ3) is 4.34. The van der Waals surface area contributed by atoms with Crippen LogP contribution in [-0.2, 0) is 12.8 Å². The highest BCUT2D eigenvalue weighted by atomic mass is 16.1. The molecule has 4 nitrogen and oxygen atoms in total. The van der Waals surface area contributed by atoms with Crippen LogP contribution < -0.4 is 10.6 Å². The van der Waals surface area contributed by atoms with Crippen molar-refractivity contribution in [2.24, 2.45) is 0 Å². The van der Waals surface area contributed by atoms with Crippen LogP contribution in [0.5, 0.6) is 0 Å². The molecule has 2 aromatic rings. The number of nitrogens with one attached hydrogen (secondary N) is 2. The lowest BCUT2D eigenvalue weighted by atomic mass is 10.0. The molecule has 1 heterocycles. The standard InChI is InChI=1S/C20H27N3O/c1-5-14(4)22-20(24)18-12-11-17(13-21-18)23-19-15(6-2)9-8-10-16(19)7-3/h8-14,23H,5-7H2,1-4H3,(H,22,24). The van der Waals surface area contributed by atoms with Crippen molar-refractivity contribution in [3.05, 3.63) is 53.3 Å². The molecule has 0 aliphatic rings. The van der Waals surface area contributed by atoms with Crippen LogP contribution in [0.4, 0.5) is 11.4 Å². The quantitative estimate of drug-likeness (QED) is 0.789. The summed E-state index contributed by atoms with van der Waals surface area (Å²) in [6.45, 7) is 8.34. The van der Waals surface area contributed by atoms with E-state index in [4.69, 9.17) is 0 Å². The number of anilines is 2. The maximum Gasteiger partial charge on any atom is 0.270 e. The Morgan fingerprint density at radius 2 is 1.75 bits per heavy atom. The molecule has 0 aliphatic carbocycles. The van der Waals surface area contributed by atoms with E-state index in [1.165, 1.54) is 11.1 Å². The van der Waals surface area contributed by atoms with E-state index in [0.717, 1.165) is 30.6 Å². The van der Waals surface area contributed by atoms with Gasteiger partial charge < -0.3 is 10.6 Å². The molecule has 4 heteroatoms. The zero-order valence-corrected chi connectivity index (χ0v) is 15.0. The van der Waals surface area contributed by atoms with Gasteiger partial charge in [-0.3, -0.25) is 4.79 Å². The smallest absolute Gasteiger partial charge is 0.270 e. The number of hydrogen-bond donors (Lipinski definition) is 2. The van der Waals surface area contributed by atoms with Gasteiger partial charge in [-0.2, -0.15) is 0 Å². The first kappa shape index (κ1) is 18.0. The van der Waals surface area contributed by atoms with Crippen molar-refractivity contribution in [2.75, 3.05) is 5.32 Å². The highest BCUT2D eigenvalue weighted by molar-refractivity contribution is 5.92. The summed E-state index contributed by atoms with van der Waals surface area (Å²) in [7, 11) is 0. The van der Waals surface area contributed by atoms with E-state index in [9.17, 15) is 4.79 Å². The number of benzene rings is 1. The van der Waals surface area contributed by atoms with Crippen molar-refractivity contribution in [2.45, 2.75) is 53.0 Å². The molecule has 24 heavy (non-hydrogen) atoms. The number of para-hydroxylation sites is 1. The maximum atomic E-state index is 12.1. The summed E-state index contributed by atoms with van der Waals surface area (Å²) in [5.74, 6) is -0.126. The molecule has 0 radical (unpaired) electrons. The van der Waals surface area contributed by atoms with Crippen LogP contribution in [0.3, 0.4) is 0 Å². The van der Waals surface area contributed by atoms with Crippen LogP contribution in [0.2, 0.25) is 0 Å². The Hall–Kier alpha value is -2.36. The molecule has 0 saturated carbocycles. The molecule has 0 aliphatic heterocycles. The molecule has 0 saturated heterocycles. The number of rotatable bonds is 7. The number of nitrogens with zero attached hydrogens (tertiary/aromatic N) is 1. The Balaban J connectivity index is 2.17. The summed E-state index contributed by atoms with van der Waals surface area (Å²) in [6.07, 6.45) is 4.56. The molecular formula is C20H27N3O. The van der Waals surface area contributed by atoms with E-state index in [0.29, 0.717) is 5.69 Å². The molecule has 1 atom stereocenters. The summed E-state index contributed by atoms with van der Waals surface area (Å²) in [4.78, 5) is 16.4. The van der Waals surface area contributed by atoms with Gasteiger partial charge in [-0.15, -0.1) is 0 Å². The zero-order valence-electron chi connectivity index (χ0n) is 15.0. The number of carbonyl (C=O) groups is 1. The summed E-state index contributed by atoms with van der Waals surface area (Å²) >= 11 is 0. The van der Waals surface area contributed by atoms with E-state index < -0.39 is 0 Å². The van der Waals surface area contributed by atoms with Gasteiger partial charge in [0.15, 0.2) is 0 Å².